The number of hydrogen-bond donors (Lipinski definition) is 0. The first-order chi connectivity index (χ1) is 10.2. The van der Waals surface area contributed by atoms with Gasteiger partial charge in [0.15, 0.2) is 0 Å². The summed E-state index contributed by atoms with van der Waals surface area (Å²) in [6.45, 7) is 0.280. The van der Waals surface area contributed by atoms with Crippen LogP contribution in [0, 0.1) is 11.3 Å². The molecule has 2 aromatic carbocycles. The van der Waals surface area contributed by atoms with E-state index in [1.807, 2.05) is 0 Å². The van der Waals surface area contributed by atoms with Crippen molar-refractivity contribution in [1.29, 1.82) is 5.26 Å². The zero-order valence-electron chi connectivity index (χ0n) is 11.6. The van der Waals surface area contributed by atoms with Gasteiger partial charge in [-0.1, -0.05) is 18.2 Å². The van der Waals surface area contributed by atoms with Crippen LogP contribution in [0.3, 0.4) is 0 Å². The van der Waals surface area contributed by atoms with E-state index in [0.717, 1.165) is 0 Å². The molecule has 0 spiro atoms. The molecule has 1 unspecified atom stereocenters. The Hall–Kier alpha value is -2.32. The summed E-state index contributed by atoms with van der Waals surface area (Å²) in [6.07, 6.45) is 0. The van der Waals surface area contributed by atoms with Crippen LogP contribution in [0.1, 0.15) is 5.56 Å². The molecular weight excluding hydrogens is 286 g/mol. The van der Waals surface area contributed by atoms with E-state index in [1.54, 1.807) is 55.6 Å². The van der Waals surface area contributed by atoms with Crippen molar-refractivity contribution in [2.24, 2.45) is 0 Å². The summed E-state index contributed by atoms with van der Waals surface area (Å²) in [5.74, 6) is 1.55. The van der Waals surface area contributed by atoms with Gasteiger partial charge in [-0.3, -0.25) is 4.21 Å². The van der Waals surface area contributed by atoms with E-state index in [1.165, 1.54) is 0 Å². The Bertz CT molecular complexity index is 679. The van der Waals surface area contributed by atoms with Crippen LogP contribution in [0.5, 0.6) is 11.5 Å². The summed E-state index contributed by atoms with van der Waals surface area (Å²) in [5, 5.41) is 8.96. The van der Waals surface area contributed by atoms with Gasteiger partial charge in [0.05, 0.1) is 29.2 Å². The zero-order chi connectivity index (χ0) is 15.1. The summed E-state index contributed by atoms with van der Waals surface area (Å²) >= 11 is 0. The smallest absolute Gasteiger partial charge is 0.137 e. The second kappa shape index (κ2) is 7.46. The molecule has 4 nitrogen and oxygen atoms in total. The molecule has 1 atom stereocenters. The highest BCUT2D eigenvalue weighted by atomic mass is 32.2. The van der Waals surface area contributed by atoms with Crippen molar-refractivity contribution < 1.29 is 13.7 Å². The second-order valence-corrected chi connectivity index (χ2v) is 5.76. The minimum Gasteiger partial charge on any atom is -0.497 e. The minimum absolute atomic E-state index is 0.280. The fraction of sp³-hybridized carbons (Fsp3) is 0.188. The number of ether oxygens (including phenoxy) is 2. The van der Waals surface area contributed by atoms with E-state index in [0.29, 0.717) is 27.7 Å². The maximum Gasteiger partial charge on any atom is 0.137 e. The van der Waals surface area contributed by atoms with Crippen molar-refractivity contribution in [3.05, 3.63) is 54.1 Å². The SMILES string of the molecule is COc1cccc(S(=O)CCOc2ccccc2C#N)c1. The molecule has 0 heterocycles. The normalized spacial score (nSPS) is 11.4. The van der Waals surface area contributed by atoms with E-state index in [9.17, 15) is 4.21 Å². The molecule has 0 bridgehead atoms. The van der Waals surface area contributed by atoms with E-state index in [-0.39, 0.29) is 6.61 Å². The van der Waals surface area contributed by atoms with Gasteiger partial charge < -0.3 is 9.47 Å². The van der Waals surface area contributed by atoms with E-state index in [4.69, 9.17) is 14.7 Å². The molecular formula is C16H15NO3S. The van der Waals surface area contributed by atoms with Crippen LogP contribution in [-0.2, 0) is 10.8 Å². The third kappa shape index (κ3) is 4.07. The lowest BCUT2D eigenvalue weighted by Crippen LogP contribution is -2.09. The Morgan fingerprint density at radius 1 is 1.19 bits per heavy atom. The highest BCUT2D eigenvalue weighted by Crippen LogP contribution is 2.18. The Labute approximate surface area is 126 Å². The van der Waals surface area contributed by atoms with Gasteiger partial charge in [0.25, 0.3) is 0 Å². The van der Waals surface area contributed by atoms with Crippen molar-refractivity contribution in [3.63, 3.8) is 0 Å². The van der Waals surface area contributed by atoms with Crippen molar-refractivity contribution >= 4 is 10.8 Å². The summed E-state index contributed by atoms with van der Waals surface area (Å²) in [7, 11) is 0.408. The number of hydrogen-bond acceptors (Lipinski definition) is 4. The third-order valence-electron chi connectivity index (χ3n) is 2.84. The highest BCUT2D eigenvalue weighted by molar-refractivity contribution is 7.85. The minimum atomic E-state index is -1.17. The quantitative estimate of drug-likeness (QED) is 0.823. The lowest BCUT2D eigenvalue weighted by Gasteiger charge is -2.08. The van der Waals surface area contributed by atoms with Crippen LogP contribution in [0.15, 0.2) is 53.4 Å². The predicted molar refractivity (Wildman–Crippen MR) is 80.9 cm³/mol. The Balaban J connectivity index is 1.94. The Kier molecular flexibility index (Phi) is 5.35. The molecule has 2 rings (SSSR count). The van der Waals surface area contributed by atoms with Crippen molar-refractivity contribution in [2.75, 3.05) is 19.5 Å². The second-order valence-electron chi connectivity index (χ2n) is 4.19. The zero-order valence-corrected chi connectivity index (χ0v) is 12.4. The number of benzene rings is 2. The molecule has 0 radical (unpaired) electrons. The lowest BCUT2D eigenvalue weighted by atomic mass is 10.2. The molecule has 0 aromatic heterocycles. The first-order valence-electron chi connectivity index (χ1n) is 6.39. The number of nitriles is 1. The van der Waals surface area contributed by atoms with E-state index < -0.39 is 10.8 Å². The molecule has 0 aliphatic carbocycles. The first kappa shape index (κ1) is 15.1. The number of nitrogens with zero attached hydrogens (tertiary/aromatic N) is 1. The summed E-state index contributed by atoms with van der Waals surface area (Å²) in [6, 6.07) is 16.2. The Morgan fingerprint density at radius 2 is 2.00 bits per heavy atom. The molecule has 0 saturated heterocycles. The lowest BCUT2D eigenvalue weighted by molar-refractivity contribution is 0.341. The van der Waals surface area contributed by atoms with Gasteiger partial charge in [0.2, 0.25) is 0 Å². The van der Waals surface area contributed by atoms with Crippen LogP contribution < -0.4 is 9.47 Å². The largest absolute Gasteiger partial charge is 0.497 e. The molecule has 108 valence electrons. The molecule has 0 aliphatic heterocycles. The molecule has 0 N–H and O–H groups in total. The molecule has 2 aromatic rings. The van der Waals surface area contributed by atoms with Crippen LogP contribution in [-0.4, -0.2) is 23.7 Å². The van der Waals surface area contributed by atoms with Crippen LogP contribution in [0.4, 0.5) is 0 Å². The van der Waals surface area contributed by atoms with Gasteiger partial charge in [-0.15, -0.1) is 0 Å². The maximum atomic E-state index is 12.2. The number of methoxy groups -OCH3 is 1. The maximum absolute atomic E-state index is 12.2. The van der Waals surface area contributed by atoms with Crippen LogP contribution in [0.2, 0.25) is 0 Å². The monoisotopic (exact) mass is 301 g/mol. The van der Waals surface area contributed by atoms with Gasteiger partial charge in [0, 0.05) is 4.90 Å². The molecule has 21 heavy (non-hydrogen) atoms. The van der Waals surface area contributed by atoms with Gasteiger partial charge in [-0.25, -0.2) is 0 Å². The average molecular weight is 301 g/mol. The summed E-state index contributed by atoms with van der Waals surface area (Å²) < 4.78 is 22.8. The average Bonchev–Trinajstić information content (AvgIpc) is 2.55. The van der Waals surface area contributed by atoms with Crippen molar-refractivity contribution in [2.45, 2.75) is 4.90 Å². The van der Waals surface area contributed by atoms with Gasteiger partial charge in [-0.2, -0.15) is 5.26 Å². The molecule has 0 fully saturated rings. The summed E-state index contributed by atoms with van der Waals surface area (Å²) in [4.78, 5) is 0.700. The van der Waals surface area contributed by atoms with Crippen LogP contribution in [0.25, 0.3) is 0 Å². The molecule has 0 saturated carbocycles. The number of para-hydroxylation sites is 1. The van der Waals surface area contributed by atoms with Gasteiger partial charge in [-0.05, 0) is 30.3 Å². The fourth-order valence-electron chi connectivity index (χ4n) is 1.77. The van der Waals surface area contributed by atoms with Crippen molar-refractivity contribution in [1.82, 2.24) is 0 Å². The van der Waals surface area contributed by atoms with E-state index in [2.05, 4.69) is 6.07 Å². The topological polar surface area (TPSA) is 59.3 Å². The molecule has 5 heteroatoms. The van der Waals surface area contributed by atoms with Gasteiger partial charge in [0.1, 0.15) is 24.2 Å². The van der Waals surface area contributed by atoms with Crippen LogP contribution >= 0.6 is 0 Å². The Morgan fingerprint density at radius 3 is 2.76 bits per heavy atom. The first-order valence-corrected chi connectivity index (χ1v) is 7.71. The number of rotatable bonds is 6. The summed E-state index contributed by atoms with van der Waals surface area (Å²) in [5.41, 5.74) is 0.477. The fourth-order valence-corrected chi connectivity index (χ4v) is 2.72. The molecule has 0 amide bonds. The highest BCUT2D eigenvalue weighted by Gasteiger charge is 2.07. The van der Waals surface area contributed by atoms with Gasteiger partial charge >= 0.3 is 0 Å². The van der Waals surface area contributed by atoms with Crippen molar-refractivity contribution in [3.8, 4) is 17.6 Å². The molecule has 0 aliphatic rings. The van der Waals surface area contributed by atoms with E-state index >= 15 is 0 Å². The standard InChI is InChI=1S/C16H15NO3S/c1-19-14-6-4-7-15(11-14)21(18)10-9-20-16-8-3-2-5-13(16)12-17/h2-8,11H,9-10H2,1H3. The predicted octanol–water partition coefficient (Wildman–Crippen LogP) is 2.75. The third-order valence-corrected chi connectivity index (χ3v) is 4.16.